The van der Waals surface area contributed by atoms with Gasteiger partial charge in [0.2, 0.25) is 0 Å². The van der Waals surface area contributed by atoms with Crippen molar-refractivity contribution < 1.29 is 4.74 Å². The van der Waals surface area contributed by atoms with E-state index in [1.165, 1.54) is 0 Å². The van der Waals surface area contributed by atoms with Gasteiger partial charge in [-0.25, -0.2) is 0 Å². The maximum absolute atomic E-state index is 5.67. The van der Waals surface area contributed by atoms with E-state index < -0.39 is 0 Å². The summed E-state index contributed by atoms with van der Waals surface area (Å²) in [6.45, 7) is 2.90. The Morgan fingerprint density at radius 2 is 2.29 bits per heavy atom. The van der Waals surface area contributed by atoms with Crippen LogP contribution in [0.25, 0.3) is 0 Å². The molecule has 0 radical (unpaired) electrons. The minimum Gasteiger partial charge on any atom is -0.399 e. The molecule has 1 aromatic carbocycles. The third kappa shape index (κ3) is 3.66. The number of anilines is 2. The molecule has 1 unspecified atom stereocenters. The Kier molecular flexibility index (Phi) is 4.26. The molecule has 0 heterocycles. The van der Waals surface area contributed by atoms with E-state index in [-0.39, 0.29) is 0 Å². The molecule has 3 heteroatoms. The molecule has 3 N–H and O–H groups in total. The van der Waals surface area contributed by atoms with Crippen molar-refractivity contribution in [3.05, 3.63) is 24.3 Å². The molecule has 78 valence electrons. The van der Waals surface area contributed by atoms with E-state index in [9.17, 15) is 0 Å². The van der Waals surface area contributed by atoms with E-state index in [1.807, 2.05) is 24.3 Å². The molecule has 0 saturated heterocycles. The summed E-state index contributed by atoms with van der Waals surface area (Å²) in [6, 6.07) is 8.17. The van der Waals surface area contributed by atoms with Crippen molar-refractivity contribution in [2.45, 2.75) is 19.4 Å². The van der Waals surface area contributed by atoms with E-state index >= 15 is 0 Å². The van der Waals surface area contributed by atoms with Gasteiger partial charge in [0, 0.05) is 31.1 Å². The van der Waals surface area contributed by atoms with Crippen LogP contribution in [0.4, 0.5) is 11.4 Å². The van der Waals surface area contributed by atoms with Gasteiger partial charge in [-0.2, -0.15) is 0 Å². The standard InChI is InChI=1S/C11H18N2O/c1-9(6-7-14-2)13-11-5-3-4-10(12)8-11/h3-5,8-9,13H,6-7,12H2,1-2H3. The molecule has 1 atom stereocenters. The number of nitrogens with two attached hydrogens (primary N) is 1. The average molecular weight is 194 g/mol. The van der Waals surface area contributed by atoms with Gasteiger partial charge in [-0.05, 0) is 31.5 Å². The highest BCUT2D eigenvalue weighted by molar-refractivity contribution is 5.54. The van der Waals surface area contributed by atoms with Crippen LogP contribution >= 0.6 is 0 Å². The normalized spacial score (nSPS) is 12.4. The van der Waals surface area contributed by atoms with Crippen molar-refractivity contribution >= 4 is 11.4 Å². The van der Waals surface area contributed by atoms with Crippen LogP contribution in [-0.4, -0.2) is 19.8 Å². The third-order valence-corrected chi connectivity index (χ3v) is 2.05. The molecule has 14 heavy (non-hydrogen) atoms. The molecular weight excluding hydrogens is 176 g/mol. The first-order chi connectivity index (χ1) is 6.72. The largest absolute Gasteiger partial charge is 0.399 e. The van der Waals surface area contributed by atoms with Crippen molar-refractivity contribution in [2.24, 2.45) is 0 Å². The average Bonchev–Trinajstić information content (AvgIpc) is 2.15. The molecule has 0 aliphatic rings. The number of hydrogen-bond acceptors (Lipinski definition) is 3. The third-order valence-electron chi connectivity index (χ3n) is 2.05. The fourth-order valence-corrected chi connectivity index (χ4v) is 1.28. The number of hydrogen-bond donors (Lipinski definition) is 2. The van der Waals surface area contributed by atoms with E-state index in [0.717, 1.165) is 24.4 Å². The van der Waals surface area contributed by atoms with Crippen LogP contribution in [0.5, 0.6) is 0 Å². The Balaban J connectivity index is 2.43. The van der Waals surface area contributed by atoms with Gasteiger partial charge in [0.1, 0.15) is 0 Å². The zero-order valence-electron chi connectivity index (χ0n) is 8.79. The number of nitrogens with one attached hydrogen (secondary N) is 1. The zero-order valence-corrected chi connectivity index (χ0v) is 8.79. The number of methoxy groups -OCH3 is 1. The van der Waals surface area contributed by atoms with Crippen molar-refractivity contribution in [1.82, 2.24) is 0 Å². The lowest BCUT2D eigenvalue weighted by atomic mass is 10.2. The van der Waals surface area contributed by atoms with Crippen LogP contribution in [0.1, 0.15) is 13.3 Å². The summed E-state index contributed by atoms with van der Waals surface area (Å²) in [4.78, 5) is 0. The predicted octanol–water partition coefficient (Wildman–Crippen LogP) is 2.11. The highest BCUT2D eigenvalue weighted by Crippen LogP contribution is 2.13. The van der Waals surface area contributed by atoms with Gasteiger partial charge < -0.3 is 15.8 Å². The molecule has 0 amide bonds. The lowest BCUT2D eigenvalue weighted by Crippen LogP contribution is -2.17. The van der Waals surface area contributed by atoms with Gasteiger partial charge in [-0.3, -0.25) is 0 Å². The number of benzene rings is 1. The Morgan fingerprint density at radius 1 is 1.50 bits per heavy atom. The zero-order chi connectivity index (χ0) is 10.4. The molecule has 1 aromatic rings. The number of rotatable bonds is 5. The molecule has 0 aliphatic carbocycles. The Hall–Kier alpha value is -1.22. The van der Waals surface area contributed by atoms with Crippen LogP contribution in [-0.2, 0) is 4.74 Å². The molecule has 1 rings (SSSR count). The van der Waals surface area contributed by atoms with Crippen molar-refractivity contribution in [1.29, 1.82) is 0 Å². The molecule has 0 aliphatic heterocycles. The molecule has 0 fully saturated rings. The first-order valence-corrected chi connectivity index (χ1v) is 4.83. The van der Waals surface area contributed by atoms with E-state index in [0.29, 0.717) is 6.04 Å². The minimum atomic E-state index is 0.400. The van der Waals surface area contributed by atoms with Crippen LogP contribution < -0.4 is 11.1 Å². The summed E-state index contributed by atoms with van der Waals surface area (Å²) < 4.78 is 5.01. The van der Waals surface area contributed by atoms with Gasteiger partial charge in [0.05, 0.1) is 0 Å². The topological polar surface area (TPSA) is 47.3 Å². The monoisotopic (exact) mass is 194 g/mol. The smallest absolute Gasteiger partial charge is 0.0481 e. The molecular formula is C11H18N2O. The van der Waals surface area contributed by atoms with Crippen LogP contribution in [0, 0.1) is 0 Å². The van der Waals surface area contributed by atoms with Gasteiger partial charge in [-0.1, -0.05) is 6.07 Å². The van der Waals surface area contributed by atoms with Crippen LogP contribution in [0.15, 0.2) is 24.3 Å². The lowest BCUT2D eigenvalue weighted by molar-refractivity contribution is 0.191. The number of ether oxygens (including phenoxy) is 1. The van der Waals surface area contributed by atoms with Crippen molar-refractivity contribution in [2.75, 3.05) is 24.8 Å². The molecule has 3 nitrogen and oxygen atoms in total. The fourth-order valence-electron chi connectivity index (χ4n) is 1.28. The Bertz CT molecular complexity index is 276. The summed E-state index contributed by atoms with van der Waals surface area (Å²) in [5.74, 6) is 0. The second-order valence-corrected chi connectivity index (χ2v) is 3.45. The van der Waals surface area contributed by atoms with Gasteiger partial charge in [-0.15, -0.1) is 0 Å². The van der Waals surface area contributed by atoms with E-state index in [2.05, 4.69) is 12.2 Å². The maximum Gasteiger partial charge on any atom is 0.0481 e. The second kappa shape index (κ2) is 5.50. The van der Waals surface area contributed by atoms with Gasteiger partial charge in [0.15, 0.2) is 0 Å². The minimum absolute atomic E-state index is 0.400. The van der Waals surface area contributed by atoms with E-state index in [1.54, 1.807) is 7.11 Å². The molecule has 0 spiro atoms. The summed E-state index contributed by atoms with van der Waals surface area (Å²) in [7, 11) is 1.72. The summed E-state index contributed by atoms with van der Waals surface area (Å²) in [5, 5.41) is 3.36. The summed E-state index contributed by atoms with van der Waals surface area (Å²) >= 11 is 0. The fraction of sp³-hybridized carbons (Fsp3) is 0.455. The molecule has 0 aromatic heterocycles. The van der Waals surface area contributed by atoms with Crippen LogP contribution in [0.3, 0.4) is 0 Å². The predicted molar refractivity (Wildman–Crippen MR) is 60.4 cm³/mol. The highest BCUT2D eigenvalue weighted by Gasteiger charge is 2.01. The lowest BCUT2D eigenvalue weighted by Gasteiger charge is -2.14. The SMILES string of the molecule is COCCC(C)Nc1cccc(N)c1. The highest BCUT2D eigenvalue weighted by atomic mass is 16.5. The molecule has 0 saturated carbocycles. The van der Waals surface area contributed by atoms with Gasteiger partial charge >= 0.3 is 0 Å². The Morgan fingerprint density at radius 3 is 2.93 bits per heavy atom. The van der Waals surface area contributed by atoms with E-state index in [4.69, 9.17) is 10.5 Å². The maximum atomic E-state index is 5.67. The summed E-state index contributed by atoms with van der Waals surface area (Å²) in [6.07, 6.45) is 0.991. The molecule has 0 bridgehead atoms. The van der Waals surface area contributed by atoms with Crippen molar-refractivity contribution in [3.63, 3.8) is 0 Å². The quantitative estimate of drug-likeness (QED) is 0.706. The first kappa shape index (κ1) is 10.9. The van der Waals surface area contributed by atoms with Crippen LogP contribution in [0.2, 0.25) is 0 Å². The Labute approximate surface area is 85.3 Å². The second-order valence-electron chi connectivity index (χ2n) is 3.45. The van der Waals surface area contributed by atoms with Crippen molar-refractivity contribution in [3.8, 4) is 0 Å². The van der Waals surface area contributed by atoms with Gasteiger partial charge in [0.25, 0.3) is 0 Å². The first-order valence-electron chi connectivity index (χ1n) is 4.83. The summed E-state index contributed by atoms with van der Waals surface area (Å²) in [5.41, 5.74) is 7.52. The number of nitrogen functional groups attached to an aromatic ring is 1.